The van der Waals surface area contributed by atoms with E-state index in [1.165, 1.54) is 25.3 Å². The van der Waals surface area contributed by atoms with Crippen LogP contribution in [0.2, 0.25) is 0 Å². The van der Waals surface area contributed by atoms with Crippen molar-refractivity contribution in [2.24, 2.45) is 5.73 Å². The first-order chi connectivity index (χ1) is 16.9. The Bertz CT molecular complexity index is 1300. The normalized spacial score (nSPS) is 19.3. The lowest BCUT2D eigenvalue weighted by Crippen LogP contribution is -2.40. The molecule has 10 heteroatoms. The Morgan fingerprint density at radius 1 is 1.20 bits per heavy atom. The molecule has 0 bridgehead atoms. The first-order valence-electron chi connectivity index (χ1n) is 10.6. The number of allylic oxidation sites excluding steroid dienone is 1. The van der Waals surface area contributed by atoms with Crippen LogP contribution in [-0.2, 0) is 25.7 Å². The summed E-state index contributed by atoms with van der Waals surface area (Å²) < 4.78 is 19.6. The summed E-state index contributed by atoms with van der Waals surface area (Å²) in [5, 5.41) is 12.0. The van der Waals surface area contributed by atoms with Crippen molar-refractivity contribution in [1.29, 1.82) is 5.26 Å². The van der Waals surface area contributed by atoms with E-state index in [0.29, 0.717) is 0 Å². The van der Waals surface area contributed by atoms with E-state index in [2.05, 4.69) is 10.1 Å². The molecule has 2 amide bonds. The van der Waals surface area contributed by atoms with Gasteiger partial charge in [0.25, 0.3) is 5.91 Å². The Morgan fingerprint density at radius 2 is 1.89 bits per heavy atom. The van der Waals surface area contributed by atoms with E-state index < -0.39 is 34.8 Å². The van der Waals surface area contributed by atoms with Crippen LogP contribution in [0.5, 0.6) is 0 Å². The molecule has 2 aromatic carbocycles. The highest BCUT2D eigenvalue weighted by Crippen LogP contribution is 2.50. The fraction of sp³-hybridized carbons (Fsp3) is 0.200. The van der Waals surface area contributed by atoms with Gasteiger partial charge in [-0.25, -0.2) is 4.39 Å². The number of amides is 2. The number of methoxy groups -OCH3 is 1. The molecule has 178 valence electrons. The van der Waals surface area contributed by atoms with Gasteiger partial charge in [0, 0.05) is 12.1 Å². The average Bonchev–Trinajstić information content (AvgIpc) is 3.19. The summed E-state index contributed by atoms with van der Waals surface area (Å²) in [6.45, 7) is 0.172. The molecule has 2 aromatic rings. The van der Waals surface area contributed by atoms with Crippen LogP contribution in [0.1, 0.15) is 23.5 Å². The quantitative estimate of drug-likeness (QED) is 0.594. The van der Waals surface area contributed by atoms with Gasteiger partial charge in [-0.3, -0.25) is 19.3 Å². The van der Waals surface area contributed by atoms with Crippen LogP contribution in [-0.4, -0.2) is 35.0 Å². The second kappa shape index (κ2) is 10.0. The van der Waals surface area contributed by atoms with Gasteiger partial charge in [-0.2, -0.15) is 5.26 Å². The molecule has 0 aromatic heterocycles. The molecule has 0 unspecified atom stereocenters. The van der Waals surface area contributed by atoms with Gasteiger partial charge in [0.15, 0.2) is 0 Å². The van der Waals surface area contributed by atoms with Crippen LogP contribution in [0, 0.1) is 17.1 Å². The van der Waals surface area contributed by atoms with Crippen LogP contribution in [0.4, 0.5) is 4.39 Å². The van der Waals surface area contributed by atoms with E-state index in [1.54, 1.807) is 6.07 Å². The molecule has 1 fully saturated rings. The SMILES string of the molecule is COC(=O)C[C@@H]1SC2=C(C(=O)NCc3ccccc3)[C@H](c3ccccc3F)C(C#N)=C(N)N2C1=O. The van der Waals surface area contributed by atoms with Gasteiger partial charge in [-0.05, 0) is 11.6 Å². The Balaban J connectivity index is 1.83. The lowest BCUT2D eigenvalue weighted by molar-refractivity contribution is -0.142. The summed E-state index contributed by atoms with van der Waals surface area (Å²) >= 11 is 0.973. The molecular weight excluding hydrogens is 471 g/mol. The zero-order valence-corrected chi connectivity index (χ0v) is 19.5. The van der Waals surface area contributed by atoms with E-state index in [-0.39, 0.29) is 40.5 Å². The van der Waals surface area contributed by atoms with E-state index in [0.717, 1.165) is 22.2 Å². The molecule has 2 heterocycles. The van der Waals surface area contributed by atoms with Gasteiger partial charge >= 0.3 is 5.97 Å². The van der Waals surface area contributed by atoms with Gasteiger partial charge in [0.2, 0.25) is 5.91 Å². The van der Waals surface area contributed by atoms with Crippen LogP contribution in [0.3, 0.4) is 0 Å². The third kappa shape index (κ3) is 4.50. The largest absolute Gasteiger partial charge is 0.469 e. The molecule has 2 aliphatic heterocycles. The maximum atomic E-state index is 14.9. The number of hydrogen-bond donors (Lipinski definition) is 2. The summed E-state index contributed by atoms with van der Waals surface area (Å²) in [4.78, 5) is 39.7. The molecule has 0 spiro atoms. The fourth-order valence-corrected chi connectivity index (χ4v) is 5.36. The van der Waals surface area contributed by atoms with Crippen molar-refractivity contribution in [3.8, 4) is 6.07 Å². The standard InChI is InChI=1S/C25H21FN4O4S/c1-34-19(31)11-18-24(33)30-22(28)16(12-27)20(15-9-5-6-10-17(15)26)21(25(30)35-18)23(32)29-13-14-7-3-2-4-8-14/h2-10,18,20H,11,13,28H2,1H3,(H,29,32)/t18-,20+/m0/s1. The van der Waals surface area contributed by atoms with Gasteiger partial charge in [-0.1, -0.05) is 60.3 Å². The number of ether oxygens (including phenoxy) is 1. The molecular formula is C25H21FN4O4S. The zero-order valence-electron chi connectivity index (χ0n) is 18.7. The number of benzene rings is 2. The van der Waals surface area contributed by atoms with Crippen molar-refractivity contribution < 1.29 is 23.5 Å². The predicted molar refractivity (Wildman–Crippen MR) is 126 cm³/mol. The van der Waals surface area contributed by atoms with Gasteiger partial charge < -0.3 is 15.8 Å². The molecule has 8 nitrogen and oxygen atoms in total. The topological polar surface area (TPSA) is 126 Å². The highest BCUT2D eigenvalue weighted by atomic mass is 32.2. The van der Waals surface area contributed by atoms with Crippen molar-refractivity contribution in [1.82, 2.24) is 10.2 Å². The van der Waals surface area contributed by atoms with Crippen LogP contribution in [0.15, 0.2) is 76.6 Å². The number of carbonyl (C=O) groups is 3. The summed E-state index contributed by atoms with van der Waals surface area (Å²) in [7, 11) is 1.21. The Morgan fingerprint density at radius 3 is 2.54 bits per heavy atom. The summed E-state index contributed by atoms with van der Waals surface area (Å²) in [5.74, 6) is -3.70. The Labute approximate surface area is 205 Å². The molecule has 2 atom stereocenters. The number of rotatable bonds is 6. The van der Waals surface area contributed by atoms with Crippen LogP contribution < -0.4 is 11.1 Å². The number of nitrogens with one attached hydrogen (secondary N) is 1. The molecule has 35 heavy (non-hydrogen) atoms. The third-order valence-corrected chi connectivity index (χ3v) is 7.01. The predicted octanol–water partition coefficient (Wildman–Crippen LogP) is 2.65. The first-order valence-corrected chi connectivity index (χ1v) is 11.5. The van der Waals surface area contributed by atoms with E-state index in [9.17, 15) is 24.0 Å². The average molecular weight is 493 g/mol. The highest BCUT2D eigenvalue weighted by Gasteiger charge is 2.49. The van der Waals surface area contributed by atoms with Crippen molar-refractivity contribution >= 4 is 29.5 Å². The summed E-state index contributed by atoms with van der Waals surface area (Å²) in [6.07, 6.45) is -0.252. The molecule has 4 rings (SSSR count). The number of nitrogens with zero attached hydrogens (tertiary/aromatic N) is 2. The minimum Gasteiger partial charge on any atom is -0.469 e. The number of halogens is 1. The number of thioether (sulfide) groups is 1. The lowest BCUT2D eigenvalue weighted by Gasteiger charge is -2.32. The Kier molecular flexibility index (Phi) is 6.89. The fourth-order valence-electron chi connectivity index (χ4n) is 4.04. The smallest absolute Gasteiger partial charge is 0.307 e. The molecule has 0 saturated carbocycles. The maximum absolute atomic E-state index is 14.9. The second-order valence-electron chi connectivity index (χ2n) is 7.81. The lowest BCUT2D eigenvalue weighted by atomic mass is 9.82. The van der Waals surface area contributed by atoms with Crippen LogP contribution in [0.25, 0.3) is 0 Å². The number of esters is 1. The monoisotopic (exact) mass is 492 g/mol. The molecule has 2 aliphatic rings. The minimum atomic E-state index is -1.14. The van der Waals surface area contributed by atoms with Gasteiger partial charge in [0.05, 0.1) is 41.7 Å². The number of fused-ring (bicyclic) bond motifs is 1. The maximum Gasteiger partial charge on any atom is 0.307 e. The molecule has 0 radical (unpaired) electrons. The summed E-state index contributed by atoms with van der Waals surface area (Å²) in [6, 6.07) is 16.9. The highest BCUT2D eigenvalue weighted by molar-refractivity contribution is 8.04. The van der Waals surface area contributed by atoms with Crippen molar-refractivity contribution in [3.63, 3.8) is 0 Å². The first kappa shape index (κ1) is 24.0. The van der Waals surface area contributed by atoms with Crippen molar-refractivity contribution in [2.75, 3.05) is 7.11 Å². The zero-order chi connectivity index (χ0) is 25.1. The number of nitriles is 1. The number of carbonyl (C=O) groups excluding carboxylic acids is 3. The molecule has 1 saturated heterocycles. The van der Waals surface area contributed by atoms with E-state index in [4.69, 9.17) is 5.73 Å². The minimum absolute atomic E-state index is 0.0162. The van der Waals surface area contributed by atoms with E-state index in [1.807, 2.05) is 36.4 Å². The van der Waals surface area contributed by atoms with E-state index >= 15 is 0 Å². The third-order valence-electron chi connectivity index (χ3n) is 5.73. The number of nitrogens with two attached hydrogens (primary N) is 1. The van der Waals surface area contributed by atoms with Crippen molar-refractivity contribution in [3.05, 3.63) is 93.5 Å². The van der Waals surface area contributed by atoms with Gasteiger partial charge in [-0.15, -0.1) is 0 Å². The Hall–Kier alpha value is -4.10. The van der Waals surface area contributed by atoms with Crippen molar-refractivity contribution in [2.45, 2.75) is 24.1 Å². The molecule has 3 N–H and O–H groups in total. The number of hydrogen-bond acceptors (Lipinski definition) is 7. The second-order valence-corrected chi connectivity index (χ2v) is 9.00. The summed E-state index contributed by atoms with van der Waals surface area (Å²) in [5.41, 5.74) is 7.03. The van der Waals surface area contributed by atoms with Gasteiger partial charge in [0.1, 0.15) is 16.9 Å². The molecule has 0 aliphatic carbocycles. The van der Waals surface area contributed by atoms with Crippen LogP contribution >= 0.6 is 11.8 Å².